The minimum absolute atomic E-state index is 0.0572. The molecule has 2 aromatic rings. The molecule has 0 aliphatic rings. The molecule has 0 fully saturated rings. The molecule has 1 aromatic carbocycles. The van der Waals surface area contributed by atoms with Gasteiger partial charge < -0.3 is 14.2 Å². The van der Waals surface area contributed by atoms with E-state index in [9.17, 15) is 19.7 Å². The highest BCUT2D eigenvalue weighted by atomic mass is 32.1. The van der Waals surface area contributed by atoms with E-state index in [0.29, 0.717) is 22.8 Å². The minimum Gasteiger partial charge on any atom is -0.493 e. The number of ether oxygens (including phenoxy) is 3. The van der Waals surface area contributed by atoms with Gasteiger partial charge in [0.2, 0.25) is 0 Å². The number of methoxy groups -OCH3 is 2. The largest absolute Gasteiger partial charge is 0.493 e. The number of nitrogens with zero attached hydrogens (tertiary/aromatic N) is 1. The lowest BCUT2D eigenvalue weighted by atomic mass is 10.1. The number of ketones is 1. The maximum absolute atomic E-state index is 12.1. The quantitative estimate of drug-likeness (QED) is 0.327. The molecular weight excluding hydrogens is 338 g/mol. The van der Waals surface area contributed by atoms with Gasteiger partial charge in [-0.1, -0.05) is 11.3 Å². The molecule has 9 heteroatoms. The van der Waals surface area contributed by atoms with Gasteiger partial charge in [0.15, 0.2) is 23.9 Å². The SMILES string of the molecule is COc1ccc(C(=O)COC(=O)c2ccc([N+](=O)[O-])s2)cc1OC. The van der Waals surface area contributed by atoms with E-state index in [1.54, 1.807) is 6.07 Å². The molecule has 0 N–H and O–H groups in total. The van der Waals surface area contributed by atoms with Crippen molar-refractivity contribution in [2.45, 2.75) is 0 Å². The van der Waals surface area contributed by atoms with Crippen LogP contribution in [0.5, 0.6) is 11.5 Å². The molecule has 0 spiro atoms. The van der Waals surface area contributed by atoms with Crippen LogP contribution < -0.4 is 9.47 Å². The van der Waals surface area contributed by atoms with Crippen LogP contribution in [0.3, 0.4) is 0 Å². The topological polar surface area (TPSA) is 105 Å². The lowest BCUT2D eigenvalue weighted by Gasteiger charge is -2.09. The molecule has 0 aliphatic heterocycles. The fourth-order valence-electron chi connectivity index (χ4n) is 1.83. The summed E-state index contributed by atoms with van der Waals surface area (Å²) in [6.07, 6.45) is 0. The van der Waals surface area contributed by atoms with Crippen LogP contribution >= 0.6 is 11.3 Å². The molecule has 8 nitrogen and oxygen atoms in total. The van der Waals surface area contributed by atoms with E-state index in [1.165, 1.54) is 38.5 Å². The summed E-state index contributed by atoms with van der Waals surface area (Å²) in [4.78, 5) is 33.9. The highest BCUT2D eigenvalue weighted by molar-refractivity contribution is 7.17. The van der Waals surface area contributed by atoms with E-state index >= 15 is 0 Å². The van der Waals surface area contributed by atoms with Crippen LogP contribution in [0.4, 0.5) is 5.00 Å². The first-order valence-corrected chi connectivity index (χ1v) is 7.44. The van der Waals surface area contributed by atoms with Crippen molar-refractivity contribution < 1.29 is 28.7 Å². The Morgan fingerprint density at radius 1 is 1.12 bits per heavy atom. The Kier molecular flexibility index (Phi) is 5.48. The Morgan fingerprint density at radius 3 is 2.42 bits per heavy atom. The third-order valence-corrected chi connectivity index (χ3v) is 4.03. The van der Waals surface area contributed by atoms with Crippen molar-refractivity contribution in [1.29, 1.82) is 0 Å². The smallest absolute Gasteiger partial charge is 0.349 e. The van der Waals surface area contributed by atoms with Crippen LogP contribution in [-0.2, 0) is 4.74 Å². The summed E-state index contributed by atoms with van der Waals surface area (Å²) in [5, 5.41) is 10.4. The van der Waals surface area contributed by atoms with Crippen LogP contribution in [0.2, 0.25) is 0 Å². The standard InChI is InChI=1S/C15H13NO7S/c1-21-11-4-3-9(7-12(11)22-2)10(17)8-23-15(18)13-5-6-14(24-13)16(19)20/h3-7H,8H2,1-2H3. The normalized spacial score (nSPS) is 10.1. The average Bonchev–Trinajstić information content (AvgIpc) is 3.09. The lowest BCUT2D eigenvalue weighted by Crippen LogP contribution is -2.13. The fraction of sp³-hybridized carbons (Fsp3) is 0.200. The highest BCUT2D eigenvalue weighted by Crippen LogP contribution is 2.28. The van der Waals surface area contributed by atoms with E-state index in [-0.39, 0.29) is 15.4 Å². The molecule has 1 aromatic heterocycles. The zero-order chi connectivity index (χ0) is 17.7. The van der Waals surface area contributed by atoms with Crippen molar-refractivity contribution >= 4 is 28.1 Å². The maximum Gasteiger partial charge on any atom is 0.349 e. The van der Waals surface area contributed by atoms with Crippen molar-refractivity contribution in [3.63, 3.8) is 0 Å². The number of rotatable bonds is 7. The summed E-state index contributed by atoms with van der Waals surface area (Å²) in [5.41, 5.74) is 0.289. The molecule has 0 bridgehead atoms. The first-order chi connectivity index (χ1) is 11.5. The zero-order valence-corrected chi connectivity index (χ0v) is 13.6. The van der Waals surface area contributed by atoms with Crippen molar-refractivity contribution in [3.05, 3.63) is 50.9 Å². The van der Waals surface area contributed by atoms with Crippen LogP contribution in [0, 0.1) is 10.1 Å². The molecule has 0 atom stereocenters. The van der Waals surface area contributed by atoms with Crippen LogP contribution in [-0.4, -0.2) is 37.5 Å². The molecule has 0 saturated carbocycles. The lowest BCUT2D eigenvalue weighted by molar-refractivity contribution is -0.380. The van der Waals surface area contributed by atoms with Gasteiger partial charge in [-0.3, -0.25) is 14.9 Å². The Balaban J connectivity index is 2.02. The maximum atomic E-state index is 12.1. The number of hydrogen-bond donors (Lipinski definition) is 0. The molecule has 2 rings (SSSR count). The fourth-order valence-corrected chi connectivity index (χ4v) is 2.55. The first-order valence-electron chi connectivity index (χ1n) is 6.63. The number of thiophene rings is 1. The molecule has 0 unspecified atom stereocenters. The zero-order valence-electron chi connectivity index (χ0n) is 12.8. The van der Waals surface area contributed by atoms with Crippen molar-refractivity contribution in [1.82, 2.24) is 0 Å². The molecule has 24 heavy (non-hydrogen) atoms. The number of benzene rings is 1. The molecule has 0 aliphatic carbocycles. The Morgan fingerprint density at radius 2 is 1.83 bits per heavy atom. The van der Waals surface area contributed by atoms with Crippen molar-refractivity contribution in [2.24, 2.45) is 0 Å². The molecular formula is C15H13NO7S. The summed E-state index contributed by atoms with van der Waals surface area (Å²) >= 11 is 0.686. The van der Waals surface area contributed by atoms with Gasteiger partial charge in [0, 0.05) is 11.6 Å². The van der Waals surface area contributed by atoms with E-state index in [4.69, 9.17) is 14.2 Å². The third kappa shape index (κ3) is 3.87. The number of hydrogen-bond acceptors (Lipinski definition) is 8. The second-order valence-corrected chi connectivity index (χ2v) is 5.53. The van der Waals surface area contributed by atoms with Gasteiger partial charge >= 0.3 is 11.0 Å². The predicted octanol–water partition coefficient (Wildman–Crippen LogP) is 2.71. The summed E-state index contributed by atoms with van der Waals surface area (Å²) in [6, 6.07) is 7.05. The summed E-state index contributed by atoms with van der Waals surface area (Å²) in [7, 11) is 2.91. The van der Waals surface area contributed by atoms with Gasteiger partial charge in [0.25, 0.3) is 0 Å². The molecule has 0 saturated heterocycles. The van der Waals surface area contributed by atoms with Crippen LogP contribution in [0.25, 0.3) is 0 Å². The van der Waals surface area contributed by atoms with Crippen molar-refractivity contribution in [2.75, 3.05) is 20.8 Å². The van der Waals surface area contributed by atoms with E-state index in [2.05, 4.69) is 0 Å². The van der Waals surface area contributed by atoms with E-state index in [0.717, 1.165) is 0 Å². The second kappa shape index (κ2) is 7.55. The minimum atomic E-state index is -0.790. The monoisotopic (exact) mass is 351 g/mol. The summed E-state index contributed by atoms with van der Waals surface area (Å²) in [6.45, 7) is -0.486. The first kappa shape index (κ1) is 17.4. The Labute approximate surface area is 140 Å². The van der Waals surface area contributed by atoms with Crippen LogP contribution in [0.1, 0.15) is 20.0 Å². The number of nitro groups is 1. The number of Topliss-reactive ketones (excluding diaryl/α,β-unsaturated/α-hetero) is 1. The van der Waals surface area contributed by atoms with Gasteiger partial charge in [-0.05, 0) is 24.3 Å². The van der Waals surface area contributed by atoms with Gasteiger partial charge in [0.05, 0.1) is 19.1 Å². The van der Waals surface area contributed by atoms with Gasteiger partial charge in [0.1, 0.15) is 4.88 Å². The van der Waals surface area contributed by atoms with Gasteiger partial charge in [-0.2, -0.15) is 0 Å². The van der Waals surface area contributed by atoms with Crippen molar-refractivity contribution in [3.8, 4) is 11.5 Å². The third-order valence-electron chi connectivity index (χ3n) is 3.01. The molecule has 0 amide bonds. The molecule has 126 valence electrons. The summed E-state index contributed by atoms with van der Waals surface area (Å²) < 4.78 is 15.1. The molecule has 0 radical (unpaired) electrons. The highest BCUT2D eigenvalue weighted by Gasteiger charge is 2.18. The Hall–Kier alpha value is -2.94. The number of esters is 1. The van der Waals surface area contributed by atoms with E-state index < -0.39 is 23.3 Å². The number of carbonyl (C=O) groups excluding carboxylic acids is 2. The summed E-state index contributed by atoms with van der Waals surface area (Å²) in [5.74, 6) is -0.377. The molecule has 1 heterocycles. The number of carbonyl (C=O) groups is 2. The van der Waals surface area contributed by atoms with E-state index in [1.807, 2.05) is 0 Å². The predicted molar refractivity (Wildman–Crippen MR) is 85.1 cm³/mol. The van der Waals surface area contributed by atoms with Gasteiger partial charge in [-0.25, -0.2) is 4.79 Å². The second-order valence-electron chi connectivity index (χ2n) is 4.46. The Bertz CT molecular complexity index is 784. The van der Waals surface area contributed by atoms with Crippen LogP contribution in [0.15, 0.2) is 30.3 Å². The average molecular weight is 351 g/mol. The van der Waals surface area contributed by atoms with Gasteiger partial charge in [-0.15, -0.1) is 0 Å².